The van der Waals surface area contributed by atoms with Gasteiger partial charge in [-0.05, 0) is 55.4 Å². The number of carbonyl (C=O) groups excluding carboxylic acids is 2. The van der Waals surface area contributed by atoms with Crippen molar-refractivity contribution in [2.24, 2.45) is 0 Å². The first-order valence-corrected chi connectivity index (χ1v) is 16.8. The number of anilines is 3. The fourth-order valence-electron chi connectivity index (χ4n) is 6.11. The summed E-state index contributed by atoms with van der Waals surface area (Å²) in [7, 11) is 0. The number of fused-ring (bicyclic) bond motifs is 3. The van der Waals surface area contributed by atoms with E-state index in [1.165, 1.54) is 24.8 Å². The third-order valence-corrected chi connectivity index (χ3v) is 9.61. The predicted octanol–water partition coefficient (Wildman–Crippen LogP) is 7.05. The Morgan fingerprint density at radius 1 is 0.812 bits per heavy atom. The van der Waals surface area contributed by atoms with Crippen molar-refractivity contribution in [2.45, 2.75) is 29.3 Å². The molecular formula is C36H37F3N4O4S. The van der Waals surface area contributed by atoms with Crippen molar-refractivity contribution >= 4 is 51.5 Å². The van der Waals surface area contributed by atoms with Crippen LogP contribution in [0.1, 0.15) is 18.9 Å². The molecule has 0 radical (unpaired) electrons. The van der Waals surface area contributed by atoms with Gasteiger partial charge >= 0.3 is 12.1 Å². The summed E-state index contributed by atoms with van der Waals surface area (Å²) in [5.41, 5.74) is 1.58. The summed E-state index contributed by atoms with van der Waals surface area (Å²) in [5.74, 6) is -0.0886. The molecule has 8 nitrogen and oxygen atoms in total. The van der Waals surface area contributed by atoms with Gasteiger partial charge in [0.2, 0.25) is 5.91 Å². The third-order valence-electron chi connectivity index (χ3n) is 8.48. The zero-order valence-electron chi connectivity index (χ0n) is 26.6. The minimum Gasteiger partial charge on any atom is -0.481 e. The van der Waals surface area contributed by atoms with Gasteiger partial charge < -0.3 is 24.6 Å². The lowest BCUT2D eigenvalue weighted by molar-refractivity contribution is -0.146. The first kappa shape index (κ1) is 33.6. The van der Waals surface area contributed by atoms with Crippen molar-refractivity contribution in [2.75, 3.05) is 69.2 Å². The van der Waals surface area contributed by atoms with Gasteiger partial charge in [-0.1, -0.05) is 48.2 Å². The average molecular weight is 679 g/mol. The second kappa shape index (κ2) is 14.9. The number of benzene rings is 4. The van der Waals surface area contributed by atoms with Crippen LogP contribution in [0.4, 0.5) is 30.2 Å². The van der Waals surface area contributed by atoms with Gasteiger partial charge in [-0.2, -0.15) is 13.2 Å². The molecule has 2 aliphatic rings. The van der Waals surface area contributed by atoms with E-state index >= 15 is 0 Å². The Bertz CT molecular complexity index is 1780. The minimum absolute atomic E-state index is 0.169. The second-order valence-corrected chi connectivity index (χ2v) is 12.9. The van der Waals surface area contributed by atoms with E-state index in [4.69, 9.17) is 9.47 Å². The number of esters is 1. The van der Waals surface area contributed by atoms with Crippen molar-refractivity contribution < 1.29 is 32.2 Å². The number of piperazine rings is 1. The second-order valence-electron chi connectivity index (χ2n) is 11.8. The monoisotopic (exact) mass is 678 g/mol. The summed E-state index contributed by atoms with van der Waals surface area (Å²) in [6.07, 6.45) is -3.59. The average Bonchev–Trinajstić information content (AvgIpc) is 3.07. The van der Waals surface area contributed by atoms with E-state index in [-0.39, 0.29) is 19.1 Å². The van der Waals surface area contributed by atoms with E-state index in [2.05, 4.69) is 15.1 Å². The highest BCUT2D eigenvalue weighted by molar-refractivity contribution is 7.99. The molecule has 0 bridgehead atoms. The van der Waals surface area contributed by atoms with Crippen molar-refractivity contribution in [3.8, 4) is 5.75 Å². The summed E-state index contributed by atoms with van der Waals surface area (Å²) in [4.78, 5) is 32.5. The molecule has 252 valence electrons. The van der Waals surface area contributed by atoms with Gasteiger partial charge in [-0.15, -0.1) is 0 Å². The number of hydrogen-bond donors (Lipinski definition) is 1. The summed E-state index contributed by atoms with van der Waals surface area (Å²) < 4.78 is 51.8. The Balaban J connectivity index is 0.934. The minimum atomic E-state index is -4.40. The maximum absolute atomic E-state index is 13.5. The molecule has 4 aromatic rings. The number of nitrogens with one attached hydrogen (secondary N) is 1. The Hall–Kier alpha value is -4.26. The number of halogens is 3. The number of carbonyl (C=O) groups is 2. The molecule has 48 heavy (non-hydrogen) atoms. The molecule has 1 fully saturated rings. The molecular weight excluding hydrogens is 641 g/mol. The van der Waals surface area contributed by atoms with Gasteiger partial charge in [0.25, 0.3) is 0 Å². The van der Waals surface area contributed by atoms with Crippen molar-refractivity contribution in [3.63, 3.8) is 0 Å². The van der Waals surface area contributed by atoms with Crippen molar-refractivity contribution in [1.29, 1.82) is 0 Å². The molecule has 2 heterocycles. The van der Waals surface area contributed by atoms with Crippen LogP contribution in [-0.4, -0.2) is 80.7 Å². The lowest BCUT2D eigenvalue weighted by Gasteiger charge is -2.36. The van der Waals surface area contributed by atoms with Crippen LogP contribution in [-0.2, 0) is 20.5 Å². The van der Waals surface area contributed by atoms with E-state index in [0.29, 0.717) is 30.2 Å². The number of alkyl halides is 3. The highest BCUT2D eigenvalue weighted by Gasteiger charge is 2.33. The number of nitrogens with zero attached hydrogens (tertiary/aromatic N) is 3. The van der Waals surface area contributed by atoms with Crippen LogP contribution in [0.3, 0.4) is 0 Å². The van der Waals surface area contributed by atoms with Gasteiger partial charge in [0.15, 0.2) is 6.61 Å². The van der Waals surface area contributed by atoms with Gasteiger partial charge in [-0.25, -0.2) is 4.79 Å². The number of para-hydroxylation sites is 1. The molecule has 0 saturated carbocycles. The van der Waals surface area contributed by atoms with E-state index in [9.17, 15) is 22.8 Å². The van der Waals surface area contributed by atoms with Crippen LogP contribution < -0.4 is 15.0 Å². The smallest absolute Gasteiger partial charge is 0.416 e. The van der Waals surface area contributed by atoms with Crippen LogP contribution in [0.15, 0.2) is 88.7 Å². The van der Waals surface area contributed by atoms with E-state index in [1.807, 2.05) is 59.5 Å². The maximum Gasteiger partial charge on any atom is 0.416 e. The Morgan fingerprint density at radius 3 is 2.29 bits per heavy atom. The predicted molar refractivity (Wildman–Crippen MR) is 181 cm³/mol. The SMILES string of the molecule is CC(=O)Nc1cccc2c(OCC(=O)OCCN3CCN(CCCN4c5ccccc5Sc5ccc(C(F)(F)F)cc54)CC3)cccc12. The summed E-state index contributed by atoms with van der Waals surface area (Å²) in [6.45, 7) is 6.95. The first-order valence-electron chi connectivity index (χ1n) is 15.9. The largest absolute Gasteiger partial charge is 0.481 e. The number of amides is 1. The van der Waals surface area contributed by atoms with Gasteiger partial charge in [0, 0.05) is 72.4 Å². The molecule has 1 N–H and O–H groups in total. The quantitative estimate of drug-likeness (QED) is 0.169. The zero-order chi connectivity index (χ0) is 33.7. The highest BCUT2D eigenvalue weighted by atomic mass is 32.2. The fourth-order valence-corrected chi connectivity index (χ4v) is 7.18. The van der Waals surface area contributed by atoms with Crippen molar-refractivity contribution in [3.05, 3.63) is 84.4 Å². The van der Waals surface area contributed by atoms with E-state index < -0.39 is 17.7 Å². The van der Waals surface area contributed by atoms with Crippen LogP contribution in [0, 0.1) is 0 Å². The lowest BCUT2D eigenvalue weighted by atomic mass is 10.1. The number of hydrogen-bond acceptors (Lipinski definition) is 8. The maximum atomic E-state index is 13.5. The molecule has 6 rings (SSSR count). The Labute approximate surface area is 281 Å². The highest BCUT2D eigenvalue weighted by Crippen LogP contribution is 2.49. The van der Waals surface area contributed by atoms with E-state index in [1.54, 1.807) is 12.1 Å². The standard InChI is InChI=1S/C36H37F3N4O4S/c1-25(44)40-29-9-4-8-28-27(29)7-5-11-32(28)47-24-35(45)46-22-21-42-19-17-41(18-20-42)15-6-16-43-30-10-2-3-12-33(30)48-34-14-13-26(23-31(34)43)36(37,38)39/h2-5,7-14,23H,6,15-22,24H2,1H3,(H,40,44). The summed E-state index contributed by atoms with van der Waals surface area (Å²) in [5, 5.41) is 4.41. The normalized spacial score (nSPS) is 15.1. The van der Waals surface area contributed by atoms with Gasteiger partial charge in [0.1, 0.15) is 12.4 Å². The fraction of sp³-hybridized carbons (Fsp3) is 0.333. The molecule has 0 aliphatic carbocycles. The van der Waals surface area contributed by atoms with E-state index in [0.717, 1.165) is 71.5 Å². The number of ether oxygens (including phenoxy) is 2. The molecule has 12 heteroatoms. The molecule has 0 atom stereocenters. The molecule has 0 aromatic heterocycles. The molecule has 1 saturated heterocycles. The van der Waals surface area contributed by atoms with Crippen LogP contribution in [0.2, 0.25) is 0 Å². The zero-order valence-corrected chi connectivity index (χ0v) is 27.4. The Kier molecular flexibility index (Phi) is 10.4. The topological polar surface area (TPSA) is 74.3 Å². The first-order chi connectivity index (χ1) is 23.2. The lowest BCUT2D eigenvalue weighted by Crippen LogP contribution is -2.47. The summed E-state index contributed by atoms with van der Waals surface area (Å²) >= 11 is 1.50. The third kappa shape index (κ3) is 8.05. The van der Waals surface area contributed by atoms with Crippen LogP contribution >= 0.6 is 11.8 Å². The van der Waals surface area contributed by atoms with Gasteiger partial charge in [-0.3, -0.25) is 9.69 Å². The summed E-state index contributed by atoms with van der Waals surface area (Å²) in [6, 6.07) is 22.8. The molecule has 0 spiro atoms. The number of rotatable bonds is 11. The molecule has 2 aliphatic heterocycles. The molecule has 1 amide bonds. The Morgan fingerprint density at radius 2 is 1.52 bits per heavy atom. The molecule has 4 aromatic carbocycles. The molecule has 0 unspecified atom stereocenters. The van der Waals surface area contributed by atoms with Crippen LogP contribution in [0.5, 0.6) is 5.75 Å². The van der Waals surface area contributed by atoms with Gasteiger partial charge in [0.05, 0.1) is 16.9 Å². The van der Waals surface area contributed by atoms with Crippen molar-refractivity contribution in [1.82, 2.24) is 9.80 Å². The van der Waals surface area contributed by atoms with Crippen LogP contribution in [0.25, 0.3) is 10.8 Å².